The molecule has 6 heterocycles. The summed E-state index contributed by atoms with van der Waals surface area (Å²) in [6.07, 6.45) is 6.84. The van der Waals surface area contributed by atoms with Crippen molar-refractivity contribution < 1.29 is 28.9 Å². The van der Waals surface area contributed by atoms with Gasteiger partial charge < -0.3 is 49.6 Å². The van der Waals surface area contributed by atoms with Gasteiger partial charge in [0, 0.05) is 87.5 Å². The summed E-state index contributed by atoms with van der Waals surface area (Å²) >= 11 is 0. The third-order valence-corrected chi connectivity index (χ3v) is 10.7. The number of carbonyl (C=O) groups excluding carboxylic acids is 1. The van der Waals surface area contributed by atoms with E-state index in [2.05, 4.69) is 69.5 Å². The largest absolute Gasteiger partial charge is 0.481 e. The van der Waals surface area contributed by atoms with Crippen LogP contribution in [0.4, 0.5) is 46.3 Å². The molecule has 0 unspecified atom stereocenters. The highest BCUT2D eigenvalue weighted by molar-refractivity contribution is 5.74. The molecular formula is C42H54N10O6. The number of morpholine rings is 2. The Morgan fingerprint density at radius 2 is 1.10 bits per heavy atom. The first-order valence-corrected chi connectivity index (χ1v) is 20.4. The van der Waals surface area contributed by atoms with Gasteiger partial charge in [-0.05, 0) is 93.3 Å². The van der Waals surface area contributed by atoms with Crippen molar-refractivity contribution in [3.05, 3.63) is 73.1 Å². The molecule has 308 valence electrons. The number of aliphatic carboxylic acids is 1. The minimum atomic E-state index is -0.738. The minimum Gasteiger partial charge on any atom is -0.481 e. The lowest BCUT2D eigenvalue weighted by atomic mass is 9.98. The van der Waals surface area contributed by atoms with E-state index in [1.807, 2.05) is 48.2 Å². The van der Waals surface area contributed by atoms with Gasteiger partial charge in [0.15, 0.2) is 0 Å². The van der Waals surface area contributed by atoms with Gasteiger partial charge >= 0.3 is 11.9 Å². The molecule has 8 rings (SSSR count). The number of benzene rings is 2. The highest BCUT2D eigenvalue weighted by atomic mass is 16.5. The molecule has 0 saturated carbocycles. The Kier molecular flexibility index (Phi) is 14.0. The number of rotatable bonds is 11. The molecule has 0 spiro atoms. The molecule has 4 fully saturated rings. The fourth-order valence-electron chi connectivity index (χ4n) is 7.61. The lowest BCUT2D eigenvalue weighted by Crippen LogP contribution is -2.39. The molecule has 2 aromatic heterocycles. The quantitative estimate of drug-likeness (QED) is 0.169. The van der Waals surface area contributed by atoms with Crippen LogP contribution in [0.15, 0.2) is 73.1 Å². The Labute approximate surface area is 339 Å². The van der Waals surface area contributed by atoms with Crippen LogP contribution in [0.3, 0.4) is 0 Å². The van der Waals surface area contributed by atoms with Gasteiger partial charge in [-0.2, -0.15) is 9.97 Å². The van der Waals surface area contributed by atoms with Crippen LogP contribution < -0.4 is 30.2 Å². The molecular weight excluding hydrogens is 741 g/mol. The second-order valence-electron chi connectivity index (χ2n) is 14.7. The number of aromatic nitrogens is 4. The van der Waals surface area contributed by atoms with Gasteiger partial charge in [-0.1, -0.05) is 0 Å². The van der Waals surface area contributed by atoms with Crippen LogP contribution in [-0.4, -0.2) is 122 Å². The number of hydrogen-bond donors (Lipinski definition) is 3. The first-order valence-electron chi connectivity index (χ1n) is 20.4. The van der Waals surface area contributed by atoms with Crippen molar-refractivity contribution in [2.75, 3.05) is 116 Å². The lowest BCUT2D eigenvalue weighted by molar-refractivity contribution is -0.148. The van der Waals surface area contributed by atoms with Crippen LogP contribution in [0, 0.1) is 11.8 Å². The van der Waals surface area contributed by atoms with E-state index < -0.39 is 5.97 Å². The summed E-state index contributed by atoms with van der Waals surface area (Å²) in [4.78, 5) is 50.1. The number of nitrogens with one attached hydrogen (secondary N) is 2. The van der Waals surface area contributed by atoms with Crippen LogP contribution in [0.25, 0.3) is 0 Å². The SMILES string of the molecule is CCOC(=O)[C@H]1CCCN(c2ccnc(Nc3ccc(N4CCOCC4)cc3)n2)C1.O=C(O)[C@H]1CCCN(c2ccnc(Nc3ccc(N4CCOCC4)cc3)n2)C1. The average Bonchev–Trinajstić information content (AvgIpc) is 3.28. The average molecular weight is 795 g/mol. The van der Waals surface area contributed by atoms with Crippen molar-refractivity contribution in [1.29, 1.82) is 0 Å². The molecule has 3 N–H and O–H groups in total. The zero-order valence-corrected chi connectivity index (χ0v) is 33.2. The maximum atomic E-state index is 12.1. The third-order valence-electron chi connectivity index (χ3n) is 10.7. The molecule has 4 aliphatic heterocycles. The third kappa shape index (κ3) is 11.0. The standard InChI is InChI=1S/C22H29N5O3.C20H25N5O3/c1-2-30-21(28)17-4-3-11-27(16-17)20-9-10-23-22(25-20)24-18-5-7-19(8-6-18)26-12-14-29-15-13-26;26-19(27)15-2-1-9-25(14-15)18-7-8-21-20(23-18)22-16-3-5-17(6-4-16)24-10-12-28-13-11-24/h5-10,17H,2-4,11-16H2,1H3,(H,23,24,25);3-8,15H,1-2,9-14H2,(H,26,27)(H,21,22,23)/t17-;15-/m00/s1. The summed E-state index contributed by atoms with van der Waals surface area (Å²) in [7, 11) is 0. The van der Waals surface area contributed by atoms with Gasteiger partial charge in [0.1, 0.15) is 11.6 Å². The monoisotopic (exact) mass is 794 g/mol. The molecule has 0 aliphatic carbocycles. The molecule has 4 aliphatic rings. The van der Waals surface area contributed by atoms with E-state index in [1.165, 1.54) is 11.4 Å². The lowest BCUT2D eigenvalue weighted by Gasteiger charge is -2.32. The van der Waals surface area contributed by atoms with Gasteiger partial charge in [-0.3, -0.25) is 9.59 Å². The van der Waals surface area contributed by atoms with Gasteiger partial charge in [-0.15, -0.1) is 0 Å². The van der Waals surface area contributed by atoms with Crippen LogP contribution >= 0.6 is 0 Å². The molecule has 0 bridgehead atoms. The minimum absolute atomic E-state index is 0.0993. The van der Waals surface area contributed by atoms with Crippen LogP contribution in [0.5, 0.6) is 0 Å². The molecule has 58 heavy (non-hydrogen) atoms. The van der Waals surface area contributed by atoms with Crippen LogP contribution in [0.1, 0.15) is 32.6 Å². The van der Waals surface area contributed by atoms with E-state index in [0.29, 0.717) is 31.6 Å². The maximum absolute atomic E-state index is 12.1. The van der Waals surface area contributed by atoms with Gasteiger partial charge in [0.2, 0.25) is 11.9 Å². The molecule has 0 amide bonds. The molecule has 2 aromatic carbocycles. The number of piperidine rings is 2. The van der Waals surface area contributed by atoms with Crippen LogP contribution in [-0.2, 0) is 23.8 Å². The first-order chi connectivity index (χ1) is 28.4. The van der Waals surface area contributed by atoms with E-state index in [9.17, 15) is 14.7 Å². The zero-order valence-electron chi connectivity index (χ0n) is 33.2. The summed E-state index contributed by atoms with van der Waals surface area (Å²) in [5.74, 6) is 1.34. The highest BCUT2D eigenvalue weighted by Crippen LogP contribution is 2.27. The smallest absolute Gasteiger partial charge is 0.310 e. The molecule has 16 heteroatoms. The molecule has 2 atom stereocenters. The van der Waals surface area contributed by atoms with Crippen molar-refractivity contribution in [3.63, 3.8) is 0 Å². The van der Waals surface area contributed by atoms with Crippen molar-refractivity contribution >= 4 is 58.2 Å². The number of ether oxygens (including phenoxy) is 3. The second kappa shape index (κ2) is 20.1. The van der Waals surface area contributed by atoms with Crippen molar-refractivity contribution in [2.24, 2.45) is 11.8 Å². The topological polar surface area (TPSA) is 171 Å². The number of nitrogens with zero attached hydrogens (tertiary/aromatic N) is 8. The number of carbonyl (C=O) groups is 2. The van der Waals surface area contributed by atoms with Crippen molar-refractivity contribution in [2.45, 2.75) is 32.6 Å². The predicted octanol–water partition coefficient (Wildman–Crippen LogP) is 5.19. The Bertz CT molecular complexity index is 1920. The summed E-state index contributed by atoms with van der Waals surface area (Å²) in [6, 6.07) is 20.2. The molecule has 0 radical (unpaired) electrons. The number of esters is 1. The zero-order chi connectivity index (χ0) is 40.1. The van der Waals surface area contributed by atoms with E-state index in [4.69, 9.17) is 14.2 Å². The van der Waals surface area contributed by atoms with Crippen molar-refractivity contribution in [3.8, 4) is 0 Å². The Morgan fingerprint density at radius 3 is 1.55 bits per heavy atom. The van der Waals surface area contributed by atoms with E-state index in [0.717, 1.165) is 114 Å². The summed E-state index contributed by atoms with van der Waals surface area (Å²) in [5, 5.41) is 15.8. The second-order valence-corrected chi connectivity index (χ2v) is 14.7. The number of carboxylic acid groups (broad SMARTS) is 1. The maximum Gasteiger partial charge on any atom is 0.310 e. The fraction of sp³-hybridized carbons (Fsp3) is 0.476. The highest BCUT2D eigenvalue weighted by Gasteiger charge is 2.28. The molecule has 16 nitrogen and oxygen atoms in total. The first kappa shape index (κ1) is 40.5. The molecule has 4 aromatic rings. The van der Waals surface area contributed by atoms with Gasteiger partial charge in [0.25, 0.3) is 0 Å². The Hall–Kier alpha value is -5.74. The van der Waals surface area contributed by atoms with Gasteiger partial charge in [0.05, 0.1) is 44.9 Å². The number of hydrogen-bond acceptors (Lipinski definition) is 15. The summed E-state index contributed by atoms with van der Waals surface area (Å²) in [5.41, 5.74) is 4.22. The molecule has 4 saturated heterocycles. The summed E-state index contributed by atoms with van der Waals surface area (Å²) < 4.78 is 16.0. The van der Waals surface area contributed by atoms with Crippen molar-refractivity contribution in [1.82, 2.24) is 19.9 Å². The van der Waals surface area contributed by atoms with E-state index >= 15 is 0 Å². The summed E-state index contributed by atoms with van der Waals surface area (Å²) in [6.45, 7) is 11.8. The van der Waals surface area contributed by atoms with E-state index in [1.54, 1.807) is 12.4 Å². The van der Waals surface area contributed by atoms with E-state index in [-0.39, 0.29) is 17.8 Å². The Balaban J connectivity index is 0.000000177. The predicted molar refractivity (Wildman–Crippen MR) is 224 cm³/mol. The number of anilines is 8. The fourth-order valence-corrected chi connectivity index (χ4v) is 7.61. The number of carboxylic acids is 1. The van der Waals surface area contributed by atoms with Crippen LogP contribution in [0.2, 0.25) is 0 Å². The Morgan fingerprint density at radius 1 is 0.655 bits per heavy atom. The van der Waals surface area contributed by atoms with Gasteiger partial charge in [-0.25, -0.2) is 9.97 Å². The normalized spacial score (nSPS) is 19.7.